The second-order valence-electron chi connectivity index (χ2n) is 5.23. The molecule has 9 nitrogen and oxygen atoms in total. The standard InChI is InChI=1S/C15H14FN3O6S/c1-9-2-4-11(7-14(9)26(17,23)24)18-15(20)8-25-13-6-10(16)3-5-12(13)19(21)22/h2-7H,8H2,1H3,(H,18,20)(H2,17,23,24). The summed E-state index contributed by atoms with van der Waals surface area (Å²) in [5.41, 5.74) is 0.0464. The average Bonchev–Trinajstić information content (AvgIpc) is 2.53. The van der Waals surface area contributed by atoms with Crippen LogP contribution >= 0.6 is 0 Å². The molecule has 26 heavy (non-hydrogen) atoms. The second-order valence-corrected chi connectivity index (χ2v) is 6.76. The number of anilines is 1. The van der Waals surface area contributed by atoms with Gasteiger partial charge in [0.2, 0.25) is 15.8 Å². The Bertz CT molecular complexity index is 977. The summed E-state index contributed by atoms with van der Waals surface area (Å²) < 4.78 is 41.2. The van der Waals surface area contributed by atoms with Gasteiger partial charge >= 0.3 is 5.69 Å². The van der Waals surface area contributed by atoms with E-state index in [0.717, 1.165) is 18.2 Å². The number of nitrogens with two attached hydrogens (primary N) is 1. The van der Waals surface area contributed by atoms with Crippen LogP contribution in [0.2, 0.25) is 0 Å². The minimum absolute atomic E-state index is 0.141. The van der Waals surface area contributed by atoms with Gasteiger partial charge in [0.15, 0.2) is 6.61 Å². The van der Waals surface area contributed by atoms with E-state index >= 15 is 0 Å². The fourth-order valence-corrected chi connectivity index (χ4v) is 2.89. The van der Waals surface area contributed by atoms with Gasteiger partial charge in [0.1, 0.15) is 5.82 Å². The zero-order valence-corrected chi connectivity index (χ0v) is 14.2. The van der Waals surface area contributed by atoms with Crippen LogP contribution in [0.15, 0.2) is 41.3 Å². The molecule has 138 valence electrons. The number of benzene rings is 2. The van der Waals surface area contributed by atoms with Crippen LogP contribution in [-0.4, -0.2) is 25.9 Å². The van der Waals surface area contributed by atoms with Crippen molar-refractivity contribution in [2.24, 2.45) is 5.14 Å². The van der Waals surface area contributed by atoms with E-state index in [4.69, 9.17) is 9.88 Å². The first-order valence-corrected chi connectivity index (χ1v) is 8.62. The SMILES string of the molecule is Cc1ccc(NC(=O)COc2cc(F)ccc2[N+](=O)[O-])cc1S(N)(=O)=O. The van der Waals surface area contributed by atoms with E-state index < -0.39 is 44.7 Å². The molecule has 0 aliphatic heterocycles. The van der Waals surface area contributed by atoms with Crippen LogP contribution in [0.3, 0.4) is 0 Å². The lowest BCUT2D eigenvalue weighted by Crippen LogP contribution is -2.21. The Morgan fingerprint density at radius 2 is 2.00 bits per heavy atom. The number of carbonyl (C=O) groups is 1. The number of rotatable bonds is 6. The Morgan fingerprint density at radius 3 is 2.62 bits per heavy atom. The molecule has 3 N–H and O–H groups in total. The minimum atomic E-state index is -3.97. The lowest BCUT2D eigenvalue weighted by Gasteiger charge is -2.10. The third-order valence-electron chi connectivity index (χ3n) is 3.26. The molecule has 0 saturated heterocycles. The van der Waals surface area contributed by atoms with Crippen LogP contribution in [-0.2, 0) is 14.8 Å². The molecule has 0 radical (unpaired) electrons. The molecule has 0 aromatic heterocycles. The topological polar surface area (TPSA) is 142 Å². The molecule has 11 heteroatoms. The maximum atomic E-state index is 13.2. The number of hydrogen-bond donors (Lipinski definition) is 2. The smallest absolute Gasteiger partial charge is 0.311 e. The van der Waals surface area contributed by atoms with E-state index in [1.165, 1.54) is 25.1 Å². The third-order valence-corrected chi connectivity index (χ3v) is 4.31. The van der Waals surface area contributed by atoms with E-state index in [9.17, 15) is 27.7 Å². The molecule has 0 atom stereocenters. The molecule has 0 spiro atoms. The fraction of sp³-hybridized carbons (Fsp3) is 0.133. The summed E-state index contributed by atoms with van der Waals surface area (Å²) in [6.07, 6.45) is 0. The molecule has 0 bridgehead atoms. The number of sulfonamides is 1. The molecule has 0 heterocycles. The fourth-order valence-electron chi connectivity index (χ4n) is 2.08. The summed E-state index contributed by atoms with van der Waals surface area (Å²) in [4.78, 5) is 21.9. The van der Waals surface area contributed by atoms with E-state index in [1.54, 1.807) is 0 Å². The van der Waals surface area contributed by atoms with Gasteiger partial charge in [0.05, 0.1) is 9.82 Å². The Kier molecular flexibility index (Phi) is 5.53. The third kappa shape index (κ3) is 4.74. The summed E-state index contributed by atoms with van der Waals surface area (Å²) >= 11 is 0. The van der Waals surface area contributed by atoms with Gasteiger partial charge in [0, 0.05) is 17.8 Å². The van der Waals surface area contributed by atoms with Crippen LogP contribution in [0.25, 0.3) is 0 Å². The Morgan fingerprint density at radius 1 is 1.31 bits per heavy atom. The van der Waals surface area contributed by atoms with Gasteiger partial charge in [-0.25, -0.2) is 17.9 Å². The number of primary sulfonamides is 1. The summed E-state index contributed by atoms with van der Waals surface area (Å²) in [6, 6.07) is 6.68. The van der Waals surface area contributed by atoms with Gasteiger partial charge in [-0.1, -0.05) is 6.07 Å². The van der Waals surface area contributed by atoms with Crippen molar-refractivity contribution in [3.8, 4) is 5.75 Å². The monoisotopic (exact) mass is 383 g/mol. The number of halogens is 1. The van der Waals surface area contributed by atoms with Crippen molar-refractivity contribution in [3.63, 3.8) is 0 Å². The lowest BCUT2D eigenvalue weighted by atomic mass is 10.2. The molecule has 0 aliphatic rings. The number of nitrogens with one attached hydrogen (secondary N) is 1. The molecular weight excluding hydrogens is 369 g/mol. The molecule has 2 aromatic carbocycles. The second kappa shape index (κ2) is 7.45. The van der Waals surface area contributed by atoms with Gasteiger partial charge in [0.25, 0.3) is 5.91 Å². The van der Waals surface area contributed by atoms with Gasteiger partial charge in [-0.2, -0.15) is 0 Å². The van der Waals surface area contributed by atoms with E-state index in [1.807, 2.05) is 0 Å². The van der Waals surface area contributed by atoms with E-state index in [-0.39, 0.29) is 10.6 Å². The number of hydrogen-bond acceptors (Lipinski definition) is 6. The highest BCUT2D eigenvalue weighted by atomic mass is 32.2. The van der Waals surface area contributed by atoms with Crippen LogP contribution < -0.4 is 15.2 Å². The van der Waals surface area contributed by atoms with E-state index in [0.29, 0.717) is 5.56 Å². The summed E-state index contributed by atoms with van der Waals surface area (Å²) in [7, 11) is -3.97. The van der Waals surface area contributed by atoms with Crippen LogP contribution in [0.5, 0.6) is 5.75 Å². The Labute approximate surface area is 147 Å². The molecule has 0 saturated carbocycles. The minimum Gasteiger partial charge on any atom is -0.477 e. The zero-order chi connectivity index (χ0) is 19.5. The number of nitro benzene ring substituents is 1. The highest BCUT2D eigenvalue weighted by Gasteiger charge is 2.18. The molecule has 0 aliphatic carbocycles. The maximum Gasteiger partial charge on any atom is 0.311 e. The molecule has 2 aromatic rings. The normalized spacial score (nSPS) is 11.0. The molecule has 0 fully saturated rings. The van der Waals surface area contributed by atoms with Crippen molar-refractivity contribution in [1.82, 2.24) is 0 Å². The number of carbonyl (C=O) groups excluding carboxylic acids is 1. The molecule has 2 rings (SSSR count). The predicted octanol–water partition coefficient (Wildman–Crippen LogP) is 1.71. The van der Waals surface area contributed by atoms with Crippen molar-refractivity contribution in [2.45, 2.75) is 11.8 Å². The number of amides is 1. The van der Waals surface area contributed by atoms with Crippen LogP contribution in [0, 0.1) is 22.9 Å². The first-order valence-electron chi connectivity index (χ1n) is 7.08. The maximum absolute atomic E-state index is 13.2. The van der Waals surface area contributed by atoms with Crippen molar-refractivity contribution in [1.29, 1.82) is 0 Å². The van der Waals surface area contributed by atoms with Gasteiger partial charge in [-0.05, 0) is 30.7 Å². The van der Waals surface area contributed by atoms with Gasteiger partial charge < -0.3 is 10.1 Å². The predicted molar refractivity (Wildman–Crippen MR) is 89.7 cm³/mol. The number of ether oxygens (including phenoxy) is 1. The number of aryl methyl sites for hydroxylation is 1. The first kappa shape index (κ1) is 19.3. The Balaban J connectivity index is 2.11. The molecule has 1 amide bonds. The quantitative estimate of drug-likeness (QED) is 0.574. The summed E-state index contributed by atoms with van der Waals surface area (Å²) in [6.45, 7) is 0.889. The largest absolute Gasteiger partial charge is 0.477 e. The van der Waals surface area contributed by atoms with Gasteiger partial charge in [-0.15, -0.1) is 0 Å². The average molecular weight is 383 g/mol. The van der Waals surface area contributed by atoms with Gasteiger partial charge in [-0.3, -0.25) is 14.9 Å². The van der Waals surface area contributed by atoms with Crippen LogP contribution in [0.1, 0.15) is 5.56 Å². The van der Waals surface area contributed by atoms with Crippen LogP contribution in [0.4, 0.5) is 15.8 Å². The van der Waals surface area contributed by atoms with Crippen molar-refractivity contribution in [3.05, 3.63) is 57.9 Å². The molecule has 0 unspecified atom stereocenters. The zero-order valence-electron chi connectivity index (χ0n) is 13.4. The highest BCUT2D eigenvalue weighted by molar-refractivity contribution is 7.89. The number of nitrogens with zero attached hydrogens (tertiary/aromatic N) is 1. The van der Waals surface area contributed by atoms with Crippen molar-refractivity contribution in [2.75, 3.05) is 11.9 Å². The first-order chi connectivity index (χ1) is 12.1. The highest BCUT2D eigenvalue weighted by Crippen LogP contribution is 2.27. The van der Waals surface area contributed by atoms with Crippen molar-refractivity contribution < 1.29 is 27.3 Å². The Hall–Kier alpha value is -3.05. The summed E-state index contributed by atoms with van der Waals surface area (Å²) in [5.74, 6) is -1.89. The molecular formula is C15H14FN3O6S. The number of nitro groups is 1. The lowest BCUT2D eigenvalue weighted by molar-refractivity contribution is -0.385. The summed E-state index contributed by atoms with van der Waals surface area (Å²) in [5, 5.41) is 18.3. The van der Waals surface area contributed by atoms with Crippen molar-refractivity contribution >= 4 is 27.3 Å². The van der Waals surface area contributed by atoms with E-state index in [2.05, 4.69) is 5.32 Å².